The van der Waals surface area contributed by atoms with Gasteiger partial charge in [0.05, 0.1) is 5.60 Å². The van der Waals surface area contributed by atoms with Gasteiger partial charge in [-0.15, -0.1) is 0 Å². The van der Waals surface area contributed by atoms with Crippen molar-refractivity contribution in [3.8, 4) is 0 Å². The van der Waals surface area contributed by atoms with E-state index in [0.29, 0.717) is 0 Å². The summed E-state index contributed by atoms with van der Waals surface area (Å²) in [5.74, 6) is 0. The van der Waals surface area contributed by atoms with E-state index >= 15 is 0 Å². The van der Waals surface area contributed by atoms with Gasteiger partial charge in [-0.2, -0.15) is 0 Å². The molecule has 0 amide bonds. The van der Waals surface area contributed by atoms with Gasteiger partial charge in [-0.3, -0.25) is 0 Å². The molecule has 0 aliphatic carbocycles. The van der Waals surface area contributed by atoms with Crippen molar-refractivity contribution >= 4 is 37.5 Å². The van der Waals surface area contributed by atoms with Crippen molar-refractivity contribution in [1.29, 1.82) is 0 Å². The third kappa shape index (κ3) is 5.00. The molecule has 0 bridgehead atoms. The standard InChI is InChI=1S/C11H15Br2NO/c1-11(2,15)5-6-14-10-4-3-8(12)7-9(10)13/h3-4,7,14-15H,5-6H2,1-2H3. The molecule has 0 aromatic heterocycles. The Morgan fingerprint density at radius 3 is 2.53 bits per heavy atom. The first kappa shape index (κ1) is 13.0. The minimum atomic E-state index is -0.616. The lowest BCUT2D eigenvalue weighted by Gasteiger charge is -2.18. The van der Waals surface area contributed by atoms with Gasteiger partial charge in [0.25, 0.3) is 0 Å². The molecule has 0 aliphatic rings. The van der Waals surface area contributed by atoms with Crippen molar-refractivity contribution in [1.82, 2.24) is 0 Å². The summed E-state index contributed by atoms with van der Waals surface area (Å²) in [4.78, 5) is 0. The number of anilines is 1. The van der Waals surface area contributed by atoms with Crippen LogP contribution in [0.3, 0.4) is 0 Å². The number of hydrogen-bond acceptors (Lipinski definition) is 2. The van der Waals surface area contributed by atoms with Gasteiger partial charge in [-0.25, -0.2) is 0 Å². The van der Waals surface area contributed by atoms with Crippen molar-refractivity contribution < 1.29 is 5.11 Å². The third-order valence-corrected chi connectivity index (χ3v) is 3.13. The second-order valence-electron chi connectivity index (χ2n) is 4.11. The van der Waals surface area contributed by atoms with Crippen LogP contribution in [-0.4, -0.2) is 17.3 Å². The van der Waals surface area contributed by atoms with E-state index in [4.69, 9.17) is 0 Å². The average Bonchev–Trinajstić information content (AvgIpc) is 2.07. The third-order valence-electron chi connectivity index (χ3n) is 1.98. The summed E-state index contributed by atoms with van der Waals surface area (Å²) < 4.78 is 2.06. The fraction of sp³-hybridized carbons (Fsp3) is 0.455. The topological polar surface area (TPSA) is 32.3 Å². The lowest BCUT2D eigenvalue weighted by Crippen LogP contribution is -2.22. The highest BCUT2D eigenvalue weighted by Gasteiger charge is 2.11. The second-order valence-corrected chi connectivity index (χ2v) is 5.88. The molecule has 0 spiro atoms. The van der Waals surface area contributed by atoms with E-state index in [2.05, 4.69) is 37.2 Å². The maximum Gasteiger partial charge on any atom is 0.0608 e. The Morgan fingerprint density at radius 2 is 2.00 bits per heavy atom. The maximum atomic E-state index is 9.55. The Balaban J connectivity index is 2.51. The minimum Gasteiger partial charge on any atom is -0.390 e. The summed E-state index contributed by atoms with van der Waals surface area (Å²) in [5.41, 5.74) is 0.428. The van der Waals surface area contributed by atoms with Gasteiger partial charge in [0, 0.05) is 21.2 Å². The summed E-state index contributed by atoms with van der Waals surface area (Å²) in [6.07, 6.45) is 0.718. The molecule has 0 radical (unpaired) electrons. The smallest absolute Gasteiger partial charge is 0.0608 e. The molecule has 2 N–H and O–H groups in total. The monoisotopic (exact) mass is 335 g/mol. The Labute approximate surface area is 107 Å². The summed E-state index contributed by atoms with van der Waals surface area (Å²) in [6, 6.07) is 5.97. The zero-order valence-electron chi connectivity index (χ0n) is 8.85. The quantitative estimate of drug-likeness (QED) is 0.876. The molecule has 0 saturated heterocycles. The molecular formula is C11H15Br2NO. The van der Waals surface area contributed by atoms with Crippen LogP contribution >= 0.6 is 31.9 Å². The van der Waals surface area contributed by atoms with Crippen LogP contribution in [0.5, 0.6) is 0 Å². The Kier molecular flexibility index (Phi) is 4.62. The van der Waals surface area contributed by atoms with Crippen molar-refractivity contribution in [3.63, 3.8) is 0 Å². The molecule has 1 aromatic rings. The number of hydrogen-bond donors (Lipinski definition) is 2. The fourth-order valence-electron chi connectivity index (χ4n) is 1.14. The normalized spacial score (nSPS) is 11.5. The van der Waals surface area contributed by atoms with E-state index in [1.807, 2.05) is 32.0 Å². The van der Waals surface area contributed by atoms with Crippen molar-refractivity contribution in [2.75, 3.05) is 11.9 Å². The van der Waals surface area contributed by atoms with Crippen LogP contribution in [0.1, 0.15) is 20.3 Å². The number of rotatable bonds is 4. The first-order valence-electron chi connectivity index (χ1n) is 4.80. The first-order valence-corrected chi connectivity index (χ1v) is 6.38. The predicted molar refractivity (Wildman–Crippen MR) is 71.2 cm³/mol. The molecule has 2 nitrogen and oxygen atoms in total. The van der Waals surface area contributed by atoms with Crippen LogP contribution in [-0.2, 0) is 0 Å². The fourth-order valence-corrected chi connectivity index (χ4v) is 2.32. The zero-order valence-corrected chi connectivity index (χ0v) is 12.0. The summed E-state index contributed by atoms with van der Waals surface area (Å²) in [5, 5.41) is 12.8. The highest BCUT2D eigenvalue weighted by molar-refractivity contribution is 9.11. The SMILES string of the molecule is CC(C)(O)CCNc1ccc(Br)cc1Br. The molecule has 0 aliphatic heterocycles. The van der Waals surface area contributed by atoms with Gasteiger partial charge < -0.3 is 10.4 Å². The van der Waals surface area contributed by atoms with E-state index in [9.17, 15) is 5.11 Å². The van der Waals surface area contributed by atoms with Gasteiger partial charge in [0.15, 0.2) is 0 Å². The number of aliphatic hydroxyl groups is 1. The Hall–Kier alpha value is -0.0600. The van der Waals surface area contributed by atoms with Crippen molar-refractivity contribution in [3.05, 3.63) is 27.1 Å². The van der Waals surface area contributed by atoms with Gasteiger partial charge in [-0.05, 0) is 54.4 Å². The molecule has 0 fully saturated rings. The second kappa shape index (κ2) is 5.32. The summed E-state index contributed by atoms with van der Waals surface area (Å²) in [6.45, 7) is 4.38. The maximum absolute atomic E-state index is 9.55. The largest absolute Gasteiger partial charge is 0.390 e. The molecule has 0 heterocycles. The number of halogens is 2. The molecule has 4 heteroatoms. The summed E-state index contributed by atoms with van der Waals surface area (Å²) in [7, 11) is 0. The van der Waals surface area contributed by atoms with E-state index in [1.54, 1.807) is 0 Å². The van der Waals surface area contributed by atoms with Crippen LogP contribution in [0.25, 0.3) is 0 Å². The van der Waals surface area contributed by atoms with Crippen molar-refractivity contribution in [2.45, 2.75) is 25.9 Å². The number of nitrogens with one attached hydrogen (secondary N) is 1. The molecule has 0 saturated carbocycles. The van der Waals surface area contributed by atoms with Gasteiger partial charge in [-0.1, -0.05) is 15.9 Å². The highest BCUT2D eigenvalue weighted by atomic mass is 79.9. The van der Waals surface area contributed by atoms with Gasteiger partial charge in [0.1, 0.15) is 0 Å². The van der Waals surface area contributed by atoms with Crippen LogP contribution in [0.4, 0.5) is 5.69 Å². The zero-order chi connectivity index (χ0) is 11.5. The van der Waals surface area contributed by atoms with Crippen LogP contribution in [0.15, 0.2) is 27.1 Å². The molecule has 15 heavy (non-hydrogen) atoms. The lowest BCUT2D eigenvalue weighted by molar-refractivity contribution is 0.0749. The van der Waals surface area contributed by atoms with Gasteiger partial charge >= 0.3 is 0 Å². The molecule has 0 atom stereocenters. The molecule has 1 rings (SSSR count). The Morgan fingerprint density at radius 1 is 1.33 bits per heavy atom. The van der Waals surface area contributed by atoms with E-state index in [1.165, 1.54) is 0 Å². The highest BCUT2D eigenvalue weighted by Crippen LogP contribution is 2.26. The lowest BCUT2D eigenvalue weighted by atomic mass is 10.1. The van der Waals surface area contributed by atoms with Crippen LogP contribution in [0.2, 0.25) is 0 Å². The molecule has 84 valence electrons. The van der Waals surface area contributed by atoms with Crippen LogP contribution in [0, 0.1) is 0 Å². The van der Waals surface area contributed by atoms with E-state index in [0.717, 1.165) is 27.6 Å². The van der Waals surface area contributed by atoms with Crippen molar-refractivity contribution in [2.24, 2.45) is 0 Å². The first-order chi connectivity index (χ1) is 6.88. The predicted octanol–water partition coefficient (Wildman–Crippen LogP) is 3.78. The number of benzene rings is 1. The average molecular weight is 337 g/mol. The molecular weight excluding hydrogens is 322 g/mol. The van der Waals surface area contributed by atoms with E-state index in [-0.39, 0.29) is 0 Å². The van der Waals surface area contributed by atoms with E-state index < -0.39 is 5.60 Å². The minimum absolute atomic E-state index is 0.616. The molecule has 0 unspecified atom stereocenters. The summed E-state index contributed by atoms with van der Waals surface area (Å²) >= 11 is 6.87. The van der Waals surface area contributed by atoms with Crippen LogP contribution < -0.4 is 5.32 Å². The Bertz CT molecular complexity index is 334. The molecule has 1 aromatic carbocycles. The van der Waals surface area contributed by atoms with Gasteiger partial charge in [0.2, 0.25) is 0 Å².